The van der Waals surface area contributed by atoms with Crippen LogP contribution < -0.4 is 0 Å². The first kappa shape index (κ1) is 9.71. The topological polar surface area (TPSA) is 0 Å². The fourth-order valence-electron chi connectivity index (χ4n) is 1.10. The molecule has 0 atom stereocenters. The second kappa shape index (κ2) is 3.56. The van der Waals surface area contributed by atoms with Gasteiger partial charge in [-0.2, -0.15) is 0 Å². The van der Waals surface area contributed by atoms with Crippen LogP contribution in [0.2, 0.25) is 0 Å². The summed E-state index contributed by atoms with van der Waals surface area (Å²) in [5.41, 5.74) is 2.93. The van der Waals surface area contributed by atoms with Crippen LogP contribution in [-0.2, 0) is 5.41 Å². The van der Waals surface area contributed by atoms with E-state index < -0.39 is 0 Å². The van der Waals surface area contributed by atoms with Crippen LogP contribution in [-0.4, -0.2) is 20.7 Å². The molecule has 0 aliphatic carbocycles. The molecular weight excluding hydrogens is 159 g/mol. The molecule has 0 aliphatic heterocycles. The summed E-state index contributed by atoms with van der Waals surface area (Å²) in [5, 5.41) is 0. The summed E-state index contributed by atoms with van der Waals surface area (Å²) in [6.07, 6.45) is 0. The van der Waals surface area contributed by atoms with E-state index in [1.54, 1.807) is 0 Å². The van der Waals surface area contributed by atoms with Crippen LogP contribution in [0.5, 0.6) is 0 Å². The first-order chi connectivity index (χ1) is 5.56. The van der Waals surface area contributed by atoms with Gasteiger partial charge in [-0.15, -0.1) is 0 Å². The van der Waals surface area contributed by atoms with E-state index in [1.807, 2.05) is 15.9 Å². The van der Waals surface area contributed by atoms with E-state index in [-0.39, 0.29) is 5.41 Å². The average molecular weight is 174 g/mol. The van der Waals surface area contributed by atoms with Crippen LogP contribution in [0.4, 0.5) is 0 Å². The fraction of sp³-hybridized carbons (Fsp3) is 0.364. The number of rotatable bonds is 2. The standard InChI is InChI=1S/C11H14.Al.H/c1-9-5-7-10(8-6-9)11(2,3)4;;/h2,5-8H,1,3-4H3;;. The van der Waals surface area contributed by atoms with Crippen molar-refractivity contribution in [1.29, 1.82) is 0 Å². The first-order valence-corrected chi connectivity index (χ1v) is 5.08. The van der Waals surface area contributed by atoms with Gasteiger partial charge in [-0.3, -0.25) is 0 Å². The van der Waals surface area contributed by atoms with Crippen molar-refractivity contribution in [3.8, 4) is 0 Å². The summed E-state index contributed by atoms with van der Waals surface area (Å²) in [6.45, 7) is 6.60. The molecule has 0 nitrogen and oxygen atoms in total. The molecule has 0 N–H and O–H groups in total. The number of aryl methyl sites for hydroxylation is 1. The van der Waals surface area contributed by atoms with Crippen molar-refractivity contribution in [1.82, 2.24) is 0 Å². The predicted octanol–water partition coefficient (Wildman–Crippen LogP) is 1.98. The van der Waals surface area contributed by atoms with E-state index in [1.165, 1.54) is 11.1 Å². The summed E-state index contributed by atoms with van der Waals surface area (Å²) < 4.78 is 0. The predicted molar refractivity (Wildman–Crippen MR) is 57.4 cm³/mol. The Labute approximate surface area is 82.6 Å². The van der Waals surface area contributed by atoms with Crippen LogP contribution in [0.3, 0.4) is 0 Å². The van der Waals surface area contributed by atoms with Gasteiger partial charge in [0.2, 0.25) is 0 Å². The normalized spacial score (nSPS) is 11.2. The van der Waals surface area contributed by atoms with E-state index in [9.17, 15) is 0 Å². The molecule has 0 aliphatic rings. The Morgan fingerprint density at radius 2 is 1.67 bits per heavy atom. The Hall–Kier alpha value is -0.378. The number of benzene rings is 1. The van der Waals surface area contributed by atoms with Gasteiger partial charge in [0, 0.05) is 0 Å². The Morgan fingerprint density at radius 3 is 2.08 bits per heavy atom. The molecule has 0 saturated heterocycles. The fourth-order valence-corrected chi connectivity index (χ4v) is 1.34. The summed E-state index contributed by atoms with van der Waals surface area (Å²) in [4.78, 5) is 2.26. The van der Waals surface area contributed by atoms with E-state index >= 15 is 0 Å². The minimum atomic E-state index is 0.214. The third-order valence-electron chi connectivity index (χ3n) is 2.31. The van der Waals surface area contributed by atoms with Crippen molar-refractivity contribution in [3.63, 3.8) is 0 Å². The SMILES string of the molecule is Cc1ccc(C(C)(C)[CH]=[AlH])cc1. The molecule has 1 heteroatoms. The Kier molecular flexibility index (Phi) is 2.88. The first-order valence-electron chi connectivity index (χ1n) is 4.27. The van der Waals surface area contributed by atoms with Gasteiger partial charge in [-0.1, -0.05) is 0 Å². The van der Waals surface area contributed by atoms with Crippen molar-refractivity contribution in [2.45, 2.75) is 26.2 Å². The van der Waals surface area contributed by atoms with Crippen LogP contribution in [0.15, 0.2) is 24.3 Å². The van der Waals surface area contributed by atoms with Gasteiger partial charge in [0.1, 0.15) is 0 Å². The quantitative estimate of drug-likeness (QED) is 0.601. The molecule has 0 amide bonds. The molecule has 0 aromatic heterocycles. The summed E-state index contributed by atoms with van der Waals surface area (Å²) in [5.74, 6) is 0. The maximum absolute atomic E-state index is 2.26. The molecule has 0 unspecified atom stereocenters. The van der Waals surface area contributed by atoms with E-state index in [0.717, 1.165) is 0 Å². The molecular formula is C11H15Al. The van der Waals surface area contributed by atoms with Crippen LogP contribution >= 0.6 is 0 Å². The molecule has 0 saturated carbocycles. The van der Waals surface area contributed by atoms with Gasteiger partial charge in [0.15, 0.2) is 0 Å². The molecule has 1 rings (SSSR count). The summed E-state index contributed by atoms with van der Waals surface area (Å²) in [7, 11) is 0. The van der Waals surface area contributed by atoms with E-state index in [4.69, 9.17) is 0 Å². The average Bonchev–Trinajstić information content (AvgIpc) is 2.05. The molecule has 0 bridgehead atoms. The molecule has 0 radical (unpaired) electrons. The zero-order valence-corrected chi connectivity index (χ0v) is 9.51. The number of hydrogen-bond acceptors (Lipinski definition) is 0. The van der Waals surface area contributed by atoms with Gasteiger partial charge in [-0.05, 0) is 0 Å². The van der Waals surface area contributed by atoms with Gasteiger partial charge in [0.05, 0.1) is 0 Å². The van der Waals surface area contributed by atoms with Gasteiger partial charge < -0.3 is 0 Å². The van der Waals surface area contributed by atoms with Gasteiger partial charge >= 0.3 is 82.3 Å². The van der Waals surface area contributed by atoms with Crippen LogP contribution in [0.25, 0.3) is 0 Å². The molecule has 1 aromatic carbocycles. The van der Waals surface area contributed by atoms with Crippen molar-refractivity contribution >= 4 is 20.7 Å². The summed E-state index contributed by atoms with van der Waals surface area (Å²) >= 11 is 1.92. The number of hydrogen-bond donors (Lipinski definition) is 0. The Bertz CT molecular complexity index is 270. The van der Waals surface area contributed by atoms with E-state index in [2.05, 4.69) is 49.9 Å². The molecule has 0 spiro atoms. The molecule has 0 heterocycles. The third-order valence-corrected chi connectivity index (χ3v) is 3.33. The minimum absolute atomic E-state index is 0.214. The van der Waals surface area contributed by atoms with Crippen molar-refractivity contribution < 1.29 is 0 Å². The van der Waals surface area contributed by atoms with E-state index in [0.29, 0.717) is 0 Å². The van der Waals surface area contributed by atoms with Gasteiger partial charge in [0.25, 0.3) is 0 Å². The summed E-state index contributed by atoms with van der Waals surface area (Å²) in [6, 6.07) is 8.76. The van der Waals surface area contributed by atoms with Crippen molar-refractivity contribution in [2.24, 2.45) is 0 Å². The molecule has 62 valence electrons. The van der Waals surface area contributed by atoms with Crippen LogP contribution in [0.1, 0.15) is 25.0 Å². The monoisotopic (exact) mass is 174 g/mol. The zero-order valence-electron chi connectivity index (χ0n) is 8.09. The second-order valence-electron chi connectivity index (χ2n) is 3.79. The molecule has 0 fully saturated rings. The van der Waals surface area contributed by atoms with Gasteiger partial charge in [-0.25, -0.2) is 0 Å². The zero-order chi connectivity index (χ0) is 9.19. The maximum atomic E-state index is 2.26. The molecule has 12 heavy (non-hydrogen) atoms. The Balaban J connectivity index is 3.04. The Morgan fingerprint density at radius 1 is 1.17 bits per heavy atom. The van der Waals surface area contributed by atoms with Crippen molar-refractivity contribution in [2.75, 3.05) is 0 Å². The third kappa shape index (κ3) is 2.06. The molecule has 1 aromatic rings. The van der Waals surface area contributed by atoms with Crippen LogP contribution in [0, 0.1) is 6.92 Å². The van der Waals surface area contributed by atoms with Crippen molar-refractivity contribution in [3.05, 3.63) is 35.4 Å². The second-order valence-corrected chi connectivity index (χ2v) is 4.20.